The van der Waals surface area contributed by atoms with E-state index in [1.165, 1.54) is 38.5 Å². The molecule has 408 valence electrons. The van der Waals surface area contributed by atoms with Gasteiger partial charge in [0, 0.05) is 34.5 Å². The molecule has 0 aromatic carbocycles. The Bertz CT molecular complexity index is 1350. The summed E-state index contributed by atoms with van der Waals surface area (Å²) in [5, 5.41) is 33.5. The summed E-state index contributed by atoms with van der Waals surface area (Å²) in [5.41, 5.74) is 0. The molecule has 12 unspecified atom stereocenters. The van der Waals surface area contributed by atoms with Gasteiger partial charge in [-0.15, -0.1) is 13.2 Å². The first-order chi connectivity index (χ1) is 32.9. The van der Waals surface area contributed by atoms with Gasteiger partial charge in [0.05, 0.1) is 38.1 Å². The predicted octanol–water partition coefficient (Wildman–Crippen LogP) is 2.98. The molecular formula is C47H83F6N2NaO14. The average molecular weight is 1040 g/mol. The van der Waals surface area contributed by atoms with Crippen LogP contribution in [0.2, 0.25) is 0 Å². The van der Waals surface area contributed by atoms with Crippen molar-refractivity contribution in [2.45, 2.75) is 203 Å². The van der Waals surface area contributed by atoms with Crippen LogP contribution in [0.3, 0.4) is 0 Å². The molecule has 2 heterocycles. The summed E-state index contributed by atoms with van der Waals surface area (Å²) >= 11 is 0. The van der Waals surface area contributed by atoms with E-state index in [1.54, 1.807) is 21.1 Å². The van der Waals surface area contributed by atoms with Crippen molar-refractivity contribution in [2.75, 3.05) is 61.5 Å². The van der Waals surface area contributed by atoms with E-state index in [0.717, 1.165) is 64.9 Å². The number of alkyl halides is 6. The molecule has 0 aromatic heterocycles. The monoisotopic (exact) mass is 1040 g/mol. The second-order valence-electron chi connectivity index (χ2n) is 16.5. The fraction of sp³-hybridized carbons (Fsp3) is 0.872. The quantitative estimate of drug-likeness (QED) is 0.0323. The number of rotatable bonds is 33. The molecule has 12 atom stereocenters. The van der Waals surface area contributed by atoms with Gasteiger partial charge >= 0.3 is 53.7 Å². The summed E-state index contributed by atoms with van der Waals surface area (Å²) in [6.45, 7) is 13.2. The average Bonchev–Trinajstić information content (AvgIpc) is 3.32. The topological polar surface area (TPSA) is 205 Å². The van der Waals surface area contributed by atoms with Gasteiger partial charge < -0.3 is 68.6 Å². The molecule has 2 aliphatic rings. The maximum Gasteiger partial charge on any atom is 1.00 e. The van der Waals surface area contributed by atoms with E-state index in [1.807, 2.05) is 10.6 Å². The first kappa shape index (κ1) is 70.6. The summed E-state index contributed by atoms with van der Waals surface area (Å²) in [4.78, 5) is 23.3. The molecule has 0 bridgehead atoms. The number of carbonyl (C=O) groups excluding carboxylic acids is 2. The summed E-state index contributed by atoms with van der Waals surface area (Å²) in [7, 11) is 5.35. The Labute approximate surface area is 433 Å². The molecular weight excluding hydrogens is 953 g/mol. The van der Waals surface area contributed by atoms with Gasteiger partial charge in [0.15, 0.2) is 12.6 Å². The molecule has 0 aromatic rings. The van der Waals surface area contributed by atoms with Crippen LogP contribution in [0.25, 0.3) is 0 Å². The SMILES string of the molecule is C=CCOC1OC(CC)C(O)C(OCCC(CCCCCCC)OC)C1NC(=O)C(F)(F)F.C=CCOC1OC(COC)C(O)C(OCCC(CCCCCCC)OC)C1NC(=O)C(F)(F)F.C[O-].[Na+]. The molecule has 23 heteroatoms. The number of nitrogens with one attached hydrogen (secondary N) is 2. The molecule has 2 rings (SSSR count). The number of aliphatic hydroxyl groups is 2. The van der Waals surface area contributed by atoms with E-state index in [9.17, 15) is 46.1 Å². The third-order valence-electron chi connectivity index (χ3n) is 11.4. The van der Waals surface area contributed by atoms with Crippen molar-refractivity contribution >= 4 is 11.8 Å². The summed E-state index contributed by atoms with van der Waals surface area (Å²) in [6, 6.07) is -2.76. The van der Waals surface area contributed by atoms with Crippen LogP contribution in [0.5, 0.6) is 0 Å². The minimum absolute atomic E-state index is 0. The zero-order valence-electron chi connectivity index (χ0n) is 42.7. The van der Waals surface area contributed by atoms with Gasteiger partial charge in [-0.2, -0.15) is 33.5 Å². The molecule has 0 aliphatic carbocycles. The molecule has 2 amide bonds. The van der Waals surface area contributed by atoms with Gasteiger partial charge in [0.25, 0.3) is 0 Å². The van der Waals surface area contributed by atoms with Gasteiger partial charge in [-0.1, -0.05) is 97.1 Å². The summed E-state index contributed by atoms with van der Waals surface area (Å²) in [5.74, 6) is -4.33. The number of amides is 2. The smallest absolute Gasteiger partial charge is 0.857 e. The molecule has 70 heavy (non-hydrogen) atoms. The van der Waals surface area contributed by atoms with E-state index >= 15 is 0 Å². The first-order valence-corrected chi connectivity index (χ1v) is 23.9. The van der Waals surface area contributed by atoms with Crippen LogP contribution in [-0.2, 0) is 52.2 Å². The van der Waals surface area contributed by atoms with Gasteiger partial charge in [-0.25, -0.2) is 0 Å². The number of carbonyl (C=O) groups is 2. The number of methoxy groups -OCH3 is 3. The van der Waals surface area contributed by atoms with Crippen LogP contribution in [0.15, 0.2) is 25.3 Å². The van der Waals surface area contributed by atoms with Crippen molar-refractivity contribution < 1.29 is 123 Å². The zero-order chi connectivity index (χ0) is 52.4. The van der Waals surface area contributed by atoms with E-state index in [4.69, 9.17) is 47.7 Å². The van der Waals surface area contributed by atoms with Gasteiger partial charge in [0.1, 0.15) is 42.6 Å². The number of hydrogen-bond donors (Lipinski definition) is 4. The fourth-order valence-corrected chi connectivity index (χ4v) is 7.64. The third-order valence-corrected chi connectivity index (χ3v) is 11.4. The molecule has 0 saturated carbocycles. The fourth-order valence-electron chi connectivity index (χ4n) is 7.64. The van der Waals surface area contributed by atoms with Crippen LogP contribution in [0.1, 0.15) is 117 Å². The Balaban J connectivity index is 0. The van der Waals surface area contributed by atoms with Crippen LogP contribution in [0.4, 0.5) is 26.3 Å². The number of halogens is 6. The standard InChI is InChI=1S/C23H40F3NO7.C23H40F3NO6.CH3O.Na/c1-5-7-8-9-10-11-16(31-4)12-14-32-20-18(27-22(29)23(24,25)26)21(33-13-6-2)34-17(15-30-3)19(20)28;1-5-8-9-10-11-12-16(30-4)13-15-31-20-18(27-22(29)23(24,25)26)21(32-14-6-2)33-17(7-3)19(20)28;1-2;/h6,16-21,28H,2,5,7-15H2,1,3-4H3,(H,27,29);6,16-21,28H,2,5,7-15H2,1,3-4H3,(H,27,29);1H3;/q;;-1;+1. The second kappa shape index (κ2) is 40.9. The van der Waals surface area contributed by atoms with Crippen LogP contribution >= 0.6 is 0 Å². The molecule has 4 N–H and O–H groups in total. The Morgan fingerprint density at radius 3 is 1.33 bits per heavy atom. The van der Waals surface area contributed by atoms with E-state index in [2.05, 4.69) is 27.0 Å². The van der Waals surface area contributed by atoms with Gasteiger partial charge in [-0.3, -0.25) is 9.59 Å². The normalized spacial score (nSPS) is 25.4. The van der Waals surface area contributed by atoms with E-state index in [0.29, 0.717) is 19.3 Å². The number of aliphatic hydroxyl groups excluding tert-OH is 2. The first-order valence-electron chi connectivity index (χ1n) is 23.9. The maximum atomic E-state index is 13.0. The maximum absolute atomic E-state index is 13.0. The summed E-state index contributed by atoms with van der Waals surface area (Å²) < 4.78 is 128. The van der Waals surface area contributed by atoms with Crippen molar-refractivity contribution in [3.05, 3.63) is 25.3 Å². The molecule has 2 fully saturated rings. The largest absolute Gasteiger partial charge is 1.00 e. The van der Waals surface area contributed by atoms with E-state index < -0.39 is 85.5 Å². The zero-order valence-corrected chi connectivity index (χ0v) is 44.7. The minimum atomic E-state index is -5.12. The predicted molar refractivity (Wildman–Crippen MR) is 243 cm³/mol. The van der Waals surface area contributed by atoms with Gasteiger partial charge in [0.2, 0.25) is 0 Å². The Morgan fingerprint density at radius 1 is 0.629 bits per heavy atom. The molecule has 2 saturated heterocycles. The summed E-state index contributed by atoms with van der Waals surface area (Å²) in [6.07, 6.45) is -2.48. The number of unbranched alkanes of at least 4 members (excludes halogenated alkanes) is 8. The number of ether oxygens (including phenoxy) is 9. The molecule has 16 nitrogen and oxygen atoms in total. The van der Waals surface area contributed by atoms with Crippen LogP contribution < -0.4 is 45.3 Å². The molecule has 0 radical (unpaired) electrons. The Hall–Kier alpha value is -1.48. The van der Waals surface area contributed by atoms with Crippen molar-refractivity contribution in [1.82, 2.24) is 10.6 Å². The van der Waals surface area contributed by atoms with Crippen molar-refractivity contribution in [2.24, 2.45) is 0 Å². The van der Waals surface area contributed by atoms with Crippen molar-refractivity contribution in [3.8, 4) is 0 Å². The number of hydrogen-bond acceptors (Lipinski definition) is 14. The Morgan fingerprint density at radius 2 is 1.00 bits per heavy atom. The molecule has 0 spiro atoms. The van der Waals surface area contributed by atoms with Gasteiger partial charge in [-0.05, 0) is 32.1 Å². The van der Waals surface area contributed by atoms with Crippen molar-refractivity contribution in [3.63, 3.8) is 0 Å². The third kappa shape index (κ3) is 27.7. The van der Waals surface area contributed by atoms with Crippen LogP contribution in [0, 0.1) is 0 Å². The minimum Gasteiger partial charge on any atom is -0.857 e. The van der Waals surface area contributed by atoms with Crippen LogP contribution in [-0.4, -0.2) is 169 Å². The molecule has 2 aliphatic heterocycles. The Kier molecular flexibility index (Phi) is 41.2. The van der Waals surface area contributed by atoms with E-state index in [-0.39, 0.29) is 74.8 Å². The second-order valence-corrected chi connectivity index (χ2v) is 16.5. The van der Waals surface area contributed by atoms with Crippen molar-refractivity contribution in [1.29, 1.82) is 0 Å².